The van der Waals surface area contributed by atoms with Gasteiger partial charge in [-0.1, -0.05) is 37.3 Å². The summed E-state index contributed by atoms with van der Waals surface area (Å²) in [6.07, 6.45) is 0.926. The first kappa shape index (κ1) is 16.4. The molecule has 1 unspecified atom stereocenters. The van der Waals surface area contributed by atoms with Crippen LogP contribution in [0.1, 0.15) is 36.1 Å². The predicted octanol–water partition coefficient (Wildman–Crippen LogP) is 4.97. The Labute approximate surface area is 137 Å². The topological polar surface area (TPSA) is 12.0 Å². The smallest absolute Gasteiger partial charge is 0.163 e. The maximum absolute atomic E-state index is 14.2. The molecule has 0 aliphatic heterocycles. The molecule has 21 heavy (non-hydrogen) atoms. The molecule has 2 aromatic carbocycles. The number of hydrogen-bond donors (Lipinski definition) is 1. The van der Waals surface area contributed by atoms with E-state index in [4.69, 9.17) is 0 Å². The van der Waals surface area contributed by atoms with E-state index in [2.05, 4.69) is 27.9 Å². The molecule has 0 radical (unpaired) electrons. The van der Waals surface area contributed by atoms with Crippen LogP contribution in [0.5, 0.6) is 0 Å². The molecule has 1 atom stereocenters. The lowest BCUT2D eigenvalue weighted by Gasteiger charge is -2.22. The van der Waals surface area contributed by atoms with E-state index >= 15 is 0 Å². The Morgan fingerprint density at radius 2 is 1.76 bits per heavy atom. The summed E-state index contributed by atoms with van der Waals surface area (Å²) in [5.74, 6) is -1.58. The Morgan fingerprint density at radius 1 is 1.10 bits per heavy atom. The highest BCUT2D eigenvalue weighted by molar-refractivity contribution is 14.1. The monoisotopic (exact) mass is 401 g/mol. The van der Waals surface area contributed by atoms with E-state index in [0.29, 0.717) is 5.56 Å². The highest BCUT2D eigenvalue weighted by atomic mass is 127. The lowest BCUT2D eigenvalue weighted by atomic mass is 9.96. The molecule has 112 valence electrons. The highest BCUT2D eigenvalue weighted by Gasteiger charge is 2.21. The summed E-state index contributed by atoms with van der Waals surface area (Å²) in [6.45, 7) is 4.81. The quantitative estimate of drug-likeness (QED) is 0.698. The van der Waals surface area contributed by atoms with Crippen molar-refractivity contribution in [2.24, 2.45) is 0 Å². The van der Waals surface area contributed by atoms with Crippen molar-refractivity contribution in [3.05, 3.63) is 68.3 Å². The molecule has 0 amide bonds. The van der Waals surface area contributed by atoms with Crippen molar-refractivity contribution in [3.63, 3.8) is 0 Å². The van der Waals surface area contributed by atoms with Gasteiger partial charge in [0.1, 0.15) is 0 Å². The standard InChI is InChI=1S/C17H18F2IN/c1-3-10-21-17(12-7-5-9-14(18)15(12)19)13-8-4-6-11(2)16(13)20/h4-9,17,21H,3,10H2,1-2H3. The van der Waals surface area contributed by atoms with E-state index in [9.17, 15) is 8.78 Å². The summed E-state index contributed by atoms with van der Waals surface area (Å²) in [5.41, 5.74) is 2.47. The van der Waals surface area contributed by atoms with Crippen LogP contribution < -0.4 is 5.32 Å². The van der Waals surface area contributed by atoms with Crippen LogP contribution in [0.15, 0.2) is 36.4 Å². The van der Waals surface area contributed by atoms with Crippen LogP contribution in [-0.4, -0.2) is 6.54 Å². The van der Waals surface area contributed by atoms with Gasteiger partial charge in [0.2, 0.25) is 0 Å². The summed E-state index contributed by atoms with van der Waals surface area (Å²) in [4.78, 5) is 0. The number of hydrogen-bond acceptors (Lipinski definition) is 1. The molecule has 1 N–H and O–H groups in total. The minimum Gasteiger partial charge on any atom is -0.306 e. The minimum atomic E-state index is -0.807. The maximum atomic E-state index is 14.2. The molecular weight excluding hydrogens is 383 g/mol. The van der Waals surface area contributed by atoms with Crippen molar-refractivity contribution in [2.45, 2.75) is 26.3 Å². The second kappa shape index (κ2) is 7.31. The molecule has 0 spiro atoms. The molecular formula is C17H18F2IN. The van der Waals surface area contributed by atoms with Gasteiger partial charge in [-0.25, -0.2) is 8.78 Å². The van der Waals surface area contributed by atoms with Crippen LogP contribution in [0, 0.1) is 22.1 Å². The fourth-order valence-electron chi connectivity index (χ4n) is 2.31. The first-order chi connectivity index (χ1) is 10.1. The van der Waals surface area contributed by atoms with Gasteiger partial charge >= 0.3 is 0 Å². The fourth-order valence-corrected chi connectivity index (χ4v) is 2.98. The molecule has 0 saturated carbocycles. The molecule has 2 aromatic rings. The number of nitrogens with one attached hydrogen (secondary N) is 1. The summed E-state index contributed by atoms with van der Waals surface area (Å²) >= 11 is 2.26. The van der Waals surface area contributed by atoms with E-state index in [1.807, 2.05) is 32.0 Å². The molecule has 0 aromatic heterocycles. The molecule has 0 bridgehead atoms. The van der Waals surface area contributed by atoms with Crippen molar-refractivity contribution < 1.29 is 8.78 Å². The lowest BCUT2D eigenvalue weighted by molar-refractivity contribution is 0.480. The van der Waals surface area contributed by atoms with E-state index in [0.717, 1.165) is 33.7 Å². The molecule has 0 fully saturated rings. The fraction of sp³-hybridized carbons (Fsp3) is 0.294. The molecule has 1 nitrogen and oxygen atoms in total. The van der Waals surface area contributed by atoms with Gasteiger partial charge in [0.25, 0.3) is 0 Å². The zero-order valence-corrected chi connectivity index (χ0v) is 14.2. The van der Waals surface area contributed by atoms with Crippen LogP contribution in [0.3, 0.4) is 0 Å². The second-order valence-electron chi connectivity index (χ2n) is 5.01. The van der Waals surface area contributed by atoms with E-state index in [1.165, 1.54) is 0 Å². The average molecular weight is 401 g/mol. The minimum absolute atomic E-state index is 0.340. The second-order valence-corrected chi connectivity index (χ2v) is 6.09. The van der Waals surface area contributed by atoms with Crippen molar-refractivity contribution in [3.8, 4) is 0 Å². The number of benzene rings is 2. The largest absolute Gasteiger partial charge is 0.306 e. The van der Waals surface area contributed by atoms with Gasteiger partial charge in [-0.3, -0.25) is 0 Å². The summed E-state index contributed by atoms with van der Waals surface area (Å²) in [7, 11) is 0. The molecule has 0 aliphatic rings. The molecule has 4 heteroatoms. The normalized spacial score (nSPS) is 12.4. The van der Waals surface area contributed by atoms with Crippen molar-refractivity contribution in [2.75, 3.05) is 6.54 Å². The first-order valence-electron chi connectivity index (χ1n) is 6.98. The maximum Gasteiger partial charge on any atom is 0.163 e. The molecule has 0 heterocycles. The van der Waals surface area contributed by atoms with Crippen LogP contribution in [0.25, 0.3) is 0 Å². The Kier molecular flexibility index (Phi) is 5.70. The van der Waals surface area contributed by atoms with Crippen molar-refractivity contribution in [1.29, 1.82) is 0 Å². The van der Waals surface area contributed by atoms with Gasteiger partial charge < -0.3 is 5.32 Å². The summed E-state index contributed by atoms with van der Waals surface area (Å²) < 4.78 is 28.8. The Hall–Kier alpha value is -1.01. The third-order valence-corrected chi connectivity index (χ3v) is 4.90. The molecule has 2 rings (SSSR count). The van der Waals surface area contributed by atoms with Gasteiger partial charge in [0.05, 0.1) is 6.04 Å². The van der Waals surface area contributed by atoms with Crippen molar-refractivity contribution >= 4 is 22.6 Å². The summed E-state index contributed by atoms with van der Waals surface area (Å²) in [6, 6.07) is 9.94. The summed E-state index contributed by atoms with van der Waals surface area (Å²) in [5, 5.41) is 3.33. The average Bonchev–Trinajstić information content (AvgIpc) is 2.47. The third kappa shape index (κ3) is 3.61. The first-order valence-corrected chi connectivity index (χ1v) is 8.06. The van der Waals surface area contributed by atoms with Gasteiger partial charge in [-0.15, -0.1) is 0 Å². The van der Waals surface area contributed by atoms with E-state index in [1.54, 1.807) is 12.1 Å². The van der Waals surface area contributed by atoms with Gasteiger partial charge in [0, 0.05) is 9.13 Å². The zero-order chi connectivity index (χ0) is 15.4. The van der Waals surface area contributed by atoms with Crippen molar-refractivity contribution in [1.82, 2.24) is 5.32 Å². The van der Waals surface area contributed by atoms with Gasteiger partial charge in [0.15, 0.2) is 11.6 Å². The zero-order valence-electron chi connectivity index (χ0n) is 12.1. The Balaban J connectivity index is 2.52. The Morgan fingerprint density at radius 3 is 2.48 bits per heavy atom. The van der Waals surface area contributed by atoms with Gasteiger partial charge in [-0.05, 0) is 59.7 Å². The number of rotatable bonds is 5. The number of halogens is 3. The van der Waals surface area contributed by atoms with E-state index < -0.39 is 11.6 Å². The SMILES string of the molecule is CCCNC(c1cccc(F)c1F)c1cccc(C)c1I. The third-order valence-electron chi connectivity index (χ3n) is 3.42. The molecule has 0 saturated heterocycles. The predicted molar refractivity (Wildman–Crippen MR) is 90.4 cm³/mol. The highest BCUT2D eigenvalue weighted by Crippen LogP contribution is 2.30. The van der Waals surface area contributed by atoms with Crippen LogP contribution in [0.2, 0.25) is 0 Å². The Bertz CT molecular complexity index is 577. The van der Waals surface area contributed by atoms with Gasteiger partial charge in [-0.2, -0.15) is 0 Å². The van der Waals surface area contributed by atoms with Crippen LogP contribution >= 0.6 is 22.6 Å². The van der Waals surface area contributed by atoms with E-state index in [-0.39, 0.29) is 6.04 Å². The lowest BCUT2D eigenvalue weighted by Crippen LogP contribution is -2.25. The van der Waals surface area contributed by atoms with Crippen LogP contribution in [0.4, 0.5) is 8.78 Å². The van der Waals surface area contributed by atoms with Crippen LogP contribution in [-0.2, 0) is 0 Å². The number of aryl methyl sites for hydroxylation is 1. The molecule has 0 aliphatic carbocycles.